The van der Waals surface area contributed by atoms with Gasteiger partial charge >= 0.3 is 12.1 Å². The monoisotopic (exact) mass is 547 g/mol. The summed E-state index contributed by atoms with van der Waals surface area (Å²) in [6.45, 7) is 0.379. The van der Waals surface area contributed by atoms with Gasteiger partial charge in [0.25, 0.3) is 5.91 Å². The molecule has 2 heterocycles. The molecule has 0 radical (unpaired) electrons. The quantitative estimate of drug-likeness (QED) is 0.202. The predicted molar refractivity (Wildman–Crippen MR) is 135 cm³/mol. The maximum absolute atomic E-state index is 12.8. The van der Waals surface area contributed by atoms with Crippen LogP contribution in [0.4, 0.5) is 13.2 Å². The Morgan fingerprint density at radius 3 is 2.49 bits per heavy atom. The summed E-state index contributed by atoms with van der Waals surface area (Å²) in [7, 11) is 0. The number of carbonyl (C=O) groups is 1. The van der Waals surface area contributed by atoms with E-state index in [9.17, 15) is 28.1 Å². The number of halogens is 3. The zero-order chi connectivity index (χ0) is 27.9. The van der Waals surface area contributed by atoms with Crippen LogP contribution in [0.15, 0.2) is 65.7 Å². The Morgan fingerprint density at radius 1 is 1.13 bits per heavy atom. The predicted octanol–water partition coefficient (Wildman–Crippen LogP) is 3.05. The molecule has 4 rings (SSSR count). The third-order valence-electron chi connectivity index (χ3n) is 6.53. The Morgan fingerprint density at radius 2 is 1.85 bits per heavy atom. The first kappa shape index (κ1) is 28.0. The van der Waals surface area contributed by atoms with Crippen LogP contribution in [0.25, 0.3) is 0 Å². The number of allylic oxidation sites excluding steroid dienone is 1. The summed E-state index contributed by atoms with van der Waals surface area (Å²) >= 11 is 0. The topological polar surface area (TPSA) is 143 Å². The van der Waals surface area contributed by atoms with Crippen molar-refractivity contribution < 1.29 is 27.6 Å². The zero-order valence-electron chi connectivity index (χ0n) is 20.8. The minimum absolute atomic E-state index is 0.0375. The first-order chi connectivity index (χ1) is 18.6. The molecule has 1 saturated carbocycles. The molecule has 0 bridgehead atoms. The molecular weight excluding hydrogens is 519 g/mol. The van der Waals surface area contributed by atoms with Crippen molar-refractivity contribution in [3.63, 3.8) is 0 Å². The number of nitrogens with zero attached hydrogens (tertiary/aromatic N) is 3. The lowest BCUT2D eigenvalue weighted by Crippen LogP contribution is -2.65. The number of aromatic nitrogens is 1. The highest BCUT2D eigenvalue weighted by atomic mass is 19.4. The van der Waals surface area contributed by atoms with E-state index in [-0.39, 0.29) is 41.4 Å². The fraction of sp³-hybridized carbons (Fsp3) is 0.400. The second-order valence-electron chi connectivity index (χ2n) is 9.26. The minimum atomic E-state index is -4.85. The van der Waals surface area contributed by atoms with Crippen LogP contribution in [0.5, 0.6) is 5.75 Å². The molecule has 1 aliphatic heterocycles. The SMILES string of the molecule is O=C(N[C@H]1CC[C@H](CNC2(NCc3ccccc3OC(F)(F)F)N=CC([N+](=O)[O-])=CN2)CC1)c1ccncc1. The molecular formula is C25H28F3N7O4. The maximum Gasteiger partial charge on any atom is 0.573 e. The lowest BCUT2D eigenvalue weighted by Gasteiger charge is -2.36. The van der Waals surface area contributed by atoms with Crippen molar-refractivity contribution in [1.29, 1.82) is 0 Å². The third-order valence-corrected chi connectivity index (χ3v) is 6.53. The normalized spacial score (nSPS) is 22.9. The number of para-hydroxylation sites is 1. The highest BCUT2D eigenvalue weighted by Crippen LogP contribution is 2.27. The van der Waals surface area contributed by atoms with Crippen molar-refractivity contribution in [1.82, 2.24) is 26.3 Å². The molecule has 0 saturated heterocycles. The van der Waals surface area contributed by atoms with Crippen molar-refractivity contribution in [2.24, 2.45) is 10.9 Å². The van der Waals surface area contributed by atoms with Gasteiger partial charge in [-0.25, -0.2) is 4.99 Å². The summed E-state index contributed by atoms with van der Waals surface area (Å²) < 4.78 is 42.6. The Bertz CT molecular complexity index is 1220. The Kier molecular flexibility index (Phi) is 8.76. The summed E-state index contributed by atoms with van der Waals surface area (Å²) in [5.41, 5.74) is 0.510. The van der Waals surface area contributed by atoms with Gasteiger partial charge in [0.05, 0.1) is 11.1 Å². The van der Waals surface area contributed by atoms with Crippen LogP contribution >= 0.6 is 0 Å². The van der Waals surface area contributed by atoms with E-state index in [0.717, 1.165) is 31.9 Å². The van der Waals surface area contributed by atoms with E-state index in [1.165, 1.54) is 24.4 Å². The van der Waals surface area contributed by atoms with Gasteiger partial charge < -0.3 is 15.4 Å². The molecule has 14 heteroatoms. The largest absolute Gasteiger partial charge is 0.573 e. The molecule has 4 N–H and O–H groups in total. The number of benzene rings is 1. The molecule has 39 heavy (non-hydrogen) atoms. The first-order valence-electron chi connectivity index (χ1n) is 12.3. The van der Waals surface area contributed by atoms with Crippen LogP contribution in [-0.2, 0) is 6.54 Å². The minimum Gasteiger partial charge on any atom is -0.405 e. The smallest absolute Gasteiger partial charge is 0.405 e. The van der Waals surface area contributed by atoms with Crippen molar-refractivity contribution >= 4 is 12.1 Å². The fourth-order valence-electron chi connectivity index (χ4n) is 4.44. The summed E-state index contributed by atoms with van der Waals surface area (Å²) in [6, 6.07) is 9.04. The van der Waals surface area contributed by atoms with Crippen LogP contribution in [0.3, 0.4) is 0 Å². The lowest BCUT2D eigenvalue weighted by molar-refractivity contribution is -0.415. The van der Waals surface area contributed by atoms with Gasteiger partial charge in [-0.3, -0.25) is 30.5 Å². The highest BCUT2D eigenvalue weighted by Gasteiger charge is 2.35. The molecule has 0 spiro atoms. The van der Waals surface area contributed by atoms with Crippen LogP contribution in [0.2, 0.25) is 0 Å². The van der Waals surface area contributed by atoms with Crippen LogP contribution in [0, 0.1) is 16.0 Å². The van der Waals surface area contributed by atoms with Crippen LogP contribution < -0.4 is 26.0 Å². The number of nitro groups is 1. The molecule has 208 valence electrons. The second-order valence-corrected chi connectivity index (χ2v) is 9.26. The van der Waals surface area contributed by atoms with Gasteiger partial charge in [0.2, 0.25) is 5.91 Å². The first-order valence-corrected chi connectivity index (χ1v) is 12.3. The molecule has 1 aromatic carbocycles. The second kappa shape index (κ2) is 12.2. The number of nitrogens with one attached hydrogen (secondary N) is 4. The van der Waals surface area contributed by atoms with Gasteiger partial charge in [-0.2, -0.15) is 0 Å². The Labute approximate surface area is 222 Å². The van der Waals surface area contributed by atoms with E-state index in [1.54, 1.807) is 30.6 Å². The average molecular weight is 548 g/mol. The molecule has 1 fully saturated rings. The van der Waals surface area contributed by atoms with E-state index in [1.807, 2.05) is 0 Å². The van der Waals surface area contributed by atoms with Gasteiger partial charge in [-0.05, 0) is 49.8 Å². The maximum atomic E-state index is 12.8. The molecule has 1 unspecified atom stereocenters. The number of hydrogen-bond donors (Lipinski definition) is 4. The fourth-order valence-corrected chi connectivity index (χ4v) is 4.44. The van der Waals surface area contributed by atoms with E-state index in [4.69, 9.17) is 0 Å². The number of pyridine rings is 1. The number of ether oxygens (including phenoxy) is 1. The van der Waals surface area contributed by atoms with E-state index in [2.05, 4.69) is 36.0 Å². The number of rotatable bonds is 10. The summed E-state index contributed by atoms with van der Waals surface area (Å²) in [6.07, 6.45) is 3.70. The van der Waals surface area contributed by atoms with E-state index < -0.39 is 17.2 Å². The highest BCUT2D eigenvalue weighted by molar-refractivity contribution is 5.94. The van der Waals surface area contributed by atoms with Crippen molar-refractivity contribution in [3.8, 4) is 5.75 Å². The average Bonchev–Trinajstić information content (AvgIpc) is 2.92. The number of carbonyl (C=O) groups excluding carboxylic acids is 1. The van der Waals surface area contributed by atoms with Crippen molar-refractivity contribution in [3.05, 3.63) is 81.9 Å². The molecule has 11 nitrogen and oxygen atoms in total. The van der Waals surface area contributed by atoms with Gasteiger partial charge in [0, 0.05) is 42.7 Å². The lowest BCUT2D eigenvalue weighted by atomic mass is 9.86. The number of hydrogen-bond acceptors (Lipinski definition) is 9. The molecule has 1 atom stereocenters. The summed E-state index contributed by atoms with van der Waals surface area (Å²) in [5, 5.41) is 23.3. The zero-order valence-corrected chi connectivity index (χ0v) is 20.8. The van der Waals surface area contributed by atoms with E-state index in [0.29, 0.717) is 12.1 Å². The van der Waals surface area contributed by atoms with Gasteiger partial charge in [0.15, 0.2) is 0 Å². The number of alkyl halides is 3. The summed E-state index contributed by atoms with van der Waals surface area (Å²) in [4.78, 5) is 31.1. The van der Waals surface area contributed by atoms with Gasteiger partial charge in [0.1, 0.15) is 12.0 Å². The molecule has 1 amide bonds. The van der Waals surface area contributed by atoms with Gasteiger partial charge in [-0.15, -0.1) is 13.2 Å². The molecule has 2 aromatic rings. The summed E-state index contributed by atoms with van der Waals surface area (Å²) in [5.74, 6) is -1.68. The van der Waals surface area contributed by atoms with E-state index >= 15 is 0 Å². The number of amides is 1. The molecule has 1 aliphatic carbocycles. The van der Waals surface area contributed by atoms with Crippen LogP contribution in [-0.4, -0.2) is 46.9 Å². The number of aliphatic imine (C=N–C) groups is 1. The third kappa shape index (κ3) is 7.97. The van der Waals surface area contributed by atoms with Crippen molar-refractivity contribution in [2.45, 2.75) is 50.5 Å². The molecule has 1 aromatic heterocycles. The van der Waals surface area contributed by atoms with Gasteiger partial charge in [-0.1, -0.05) is 18.2 Å². The van der Waals surface area contributed by atoms with Crippen LogP contribution in [0.1, 0.15) is 41.6 Å². The Hall–Kier alpha value is -4.04. The van der Waals surface area contributed by atoms with Crippen molar-refractivity contribution in [2.75, 3.05) is 6.54 Å². The Balaban J connectivity index is 1.35. The standard InChI is InChI=1S/C25H28F3N7O4/c26-24(27,28)39-22-4-2-1-3-19(22)14-31-25(32-15-21(16-33-25)35(37)38)30-13-17-5-7-20(8-6-17)34-23(36)18-9-11-29-12-10-18/h1-4,9-12,15-17,20,30-32H,5-8,13-14H2,(H,34,36)/t17-,20-,25?. The molecule has 2 aliphatic rings.